The van der Waals surface area contributed by atoms with E-state index in [-0.39, 0.29) is 11.3 Å². The second-order valence-electron chi connectivity index (χ2n) is 5.21. The van der Waals surface area contributed by atoms with Gasteiger partial charge in [-0.05, 0) is 37.5 Å². The van der Waals surface area contributed by atoms with E-state index in [0.29, 0.717) is 22.4 Å². The largest absolute Gasteiger partial charge is 0.493 e. The van der Waals surface area contributed by atoms with Crippen molar-refractivity contribution >= 4 is 29.0 Å². The van der Waals surface area contributed by atoms with Crippen molar-refractivity contribution in [2.75, 3.05) is 6.61 Å². The molecule has 0 amide bonds. The molecule has 0 aliphatic carbocycles. The van der Waals surface area contributed by atoms with Crippen LogP contribution in [0, 0.1) is 10.8 Å². The van der Waals surface area contributed by atoms with Crippen molar-refractivity contribution in [3.8, 4) is 5.75 Å². The summed E-state index contributed by atoms with van der Waals surface area (Å²) in [4.78, 5) is 0. The zero-order valence-electron chi connectivity index (χ0n) is 11.3. The van der Waals surface area contributed by atoms with Crippen molar-refractivity contribution in [1.82, 2.24) is 0 Å². The van der Waals surface area contributed by atoms with Gasteiger partial charge in [0.2, 0.25) is 0 Å². The quantitative estimate of drug-likeness (QED) is 0.442. The number of nitrogens with one attached hydrogen (secondary N) is 1. The van der Waals surface area contributed by atoms with E-state index in [2.05, 4.69) is 0 Å². The molecular formula is C14H20Cl2N2O. The van der Waals surface area contributed by atoms with Crippen molar-refractivity contribution < 1.29 is 4.74 Å². The number of rotatable bonds is 7. The lowest BCUT2D eigenvalue weighted by molar-refractivity contribution is 0.296. The molecule has 3 nitrogen and oxygen atoms in total. The fraction of sp³-hybridized carbons (Fsp3) is 0.500. The summed E-state index contributed by atoms with van der Waals surface area (Å²) in [5, 5.41) is 8.62. The van der Waals surface area contributed by atoms with Crippen LogP contribution in [0.5, 0.6) is 5.75 Å². The van der Waals surface area contributed by atoms with E-state index in [9.17, 15) is 0 Å². The average molecular weight is 303 g/mol. The summed E-state index contributed by atoms with van der Waals surface area (Å²) in [5.41, 5.74) is 5.30. The Labute approximate surface area is 124 Å². The Morgan fingerprint density at radius 1 is 1.21 bits per heavy atom. The summed E-state index contributed by atoms with van der Waals surface area (Å²) >= 11 is 11.8. The minimum atomic E-state index is -0.237. The first-order chi connectivity index (χ1) is 8.81. The Balaban J connectivity index is 2.30. The molecule has 1 rings (SSSR count). The van der Waals surface area contributed by atoms with Crippen LogP contribution in [0.3, 0.4) is 0 Å². The molecule has 1 aromatic carbocycles. The third-order valence-electron chi connectivity index (χ3n) is 3.03. The van der Waals surface area contributed by atoms with Crippen molar-refractivity contribution in [3.63, 3.8) is 0 Å². The third-order valence-corrected chi connectivity index (χ3v) is 3.47. The summed E-state index contributed by atoms with van der Waals surface area (Å²) < 4.78 is 5.59. The maximum Gasteiger partial charge on any atom is 0.122 e. The number of benzene rings is 1. The van der Waals surface area contributed by atoms with Crippen molar-refractivity contribution in [3.05, 3.63) is 28.2 Å². The average Bonchev–Trinajstić information content (AvgIpc) is 2.26. The van der Waals surface area contributed by atoms with Crippen LogP contribution in [0.25, 0.3) is 0 Å². The van der Waals surface area contributed by atoms with Crippen LogP contribution in [0.2, 0.25) is 10.0 Å². The Kier molecular flexibility index (Phi) is 5.95. The van der Waals surface area contributed by atoms with Gasteiger partial charge in [0.15, 0.2) is 0 Å². The molecule has 106 valence electrons. The highest BCUT2D eigenvalue weighted by Gasteiger charge is 2.20. The van der Waals surface area contributed by atoms with Crippen LogP contribution in [-0.4, -0.2) is 12.4 Å². The molecule has 19 heavy (non-hydrogen) atoms. The first-order valence-corrected chi connectivity index (χ1v) is 7.00. The molecule has 5 heteroatoms. The molecule has 0 aliphatic rings. The summed E-state index contributed by atoms with van der Waals surface area (Å²) in [5.74, 6) is 0.915. The predicted molar refractivity (Wildman–Crippen MR) is 81.5 cm³/mol. The summed E-state index contributed by atoms with van der Waals surface area (Å²) in [6.45, 7) is 4.56. The summed E-state index contributed by atoms with van der Waals surface area (Å²) in [6.07, 6.45) is 2.74. The molecule has 0 saturated carbocycles. The minimum absolute atomic E-state index is 0.232. The first kappa shape index (κ1) is 16.1. The van der Waals surface area contributed by atoms with Crippen LogP contribution < -0.4 is 10.5 Å². The van der Waals surface area contributed by atoms with Crippen LogP contribution in [-0.2, 0) is 0 Å². The number of hydrogen-bond donors (Lipinski definition) is 2. The molecular weight excluding hydrogens is 283 g/mol. The molecule has 0 bridgehead atoms. The van der Waals surface area contributed by atoms with Gasteiger partial charge < -0.3 is 10.5 Å². The highest BCUT2D eigenvalue weighted by Crippen LogP contribution is 2.25. The fourth-order valence-electron chi connectivity index (χ4n) is 1.61. The number of halogens is 2. The maximum absolute atomic E-state index is 7.48. The van der Waals surface area contributed by atoms with E-state index in [1.165, 1.54) is 0 Å². The zero-order valence-corrected chi connectivity index (χ0v) is 12.8. The van der Waals surface area contributed by atoms with Gasteiger partial charge in [-0.15, -0.1) is 0 Å². The minimum Gasteiger partial charge on any atom is -0.493 e. The van der Waals surface area contributed by atoms with Crippen molar-refractivity contribution in [2.24, 2.45) is 11.1 Å². The third kappa shape index (κ3) is 5.70. The SMILES string of the molecule is CC(C)(CCCCOc1cc(Cl)cc(Cl)c1)C(=N)N. The van der Waals surface area contributed by atoms with Crippen LogP contribution in [0.15, 0.2) is 18.2 Å². The van der Waals surface area contributed by atoms with E-state index in [0.717, 1.165) is 19.3 Å². The monoisotopic (exact) mass is 302 g/mol. The molecule has 0 radical (unpaired) electrons. The van der Waals surface area contributed by atoms with Crippen molar-refractivity contribution in [1.29, 1.82) is 5.41 Å². The lowest BCUT2D eigenvalue weighted by atomic mass is 9.86. The summed E-state index contributed by atoms with van der Waals surface area (Å²) in [7, 11) is 0. The number of ether oxygens (including phenoxy) is 1. The Morgan fingerprint density at radius 3 is 2.32 bits per heavy atom. The van der Waals surface area contributed by atoms with E-state index >= 15 is 0 Å². The molecule has 0 aliphatic heterocycles. The van der Waals surface area contributed by atoms with Gasteiger partial charge in [-0.1, -0.05) is 37.0 Å². The molecule has 0 aromatic heterocycles. The van der Waals surface area contributed by atoms with Gasteiger partial charge in [-0.25, -0.2) is 0 Å². The zero-order chi connectivity index (χ0) is 14.5. The molecule has 3 N–H and O–H groups in total. The van der Waals surface area contributed by atoms with Crippen LogP contribution >= 0.6 is 23.2 Å². The molecule has 0 fully saturated rings. The van der Waals surface area contributed by atoms with Gasteiger partial charge >= 0.3 is 0 Å². The summed E-state index contributed by atoms with van der Waals surface area (Å²) in [6, 6.07) is 5.16. The van der Waals surface area contributed by atoms with E-state index in [1.54, 1.807) is 18.2 Å². The number of hydrogen-bond acceptors (Lipinski definition) is 2. The standard InChI is InChI=1S/C14H20Cl2N2O/c1-14(2,13(17)18)5-3-4-6-19-12-8-10(15)7-11(16)9-12/h7-9H,3-6H2,1-2H3,(H3,17,18). The lowest BCUT2D eigenvalue weighted by Gasteiger charge is -2.22. The van der Waals surface area contributed by atoms with Gasteiger partial charge in [-0.2, -0.15) is 0 Å². The van der Waals surface area contributed by atoms with E-state index in [1.807, 2.05) is 13.8 Å². The van der Waals surface area contributed by atoms with Crippen LogP contribution in [0.4, 0.5) is 0 Å². The van der Waals surface area contributed by atoms with Gasteiger partial charge in [0.05, 0.1) is 12.4 Å². The predicted octanol–water partition coefficient (Wildman–Crippen LogP) is 4.50. The molecule has 0 spiro atoms. The number of nitrogens with two attached hydrogens (primary N) is 1. The van der Waals surface area contributed by atoms with Gasteiger partial charge in [0.1, 0.15) is 5.75 Å². The lowest BCUT2D eigenvalue weighted by Crippen LogP contribution is -2.30. The number of unbranched alkanes of at least 4 members (excludes halogenated alkanes) is 1. The highest BCUT2D eigenvalue weighted by molar-refractivity contribution is 6.34. The highest BCUT2D eigenvalue weighted by atomic mass is 35.5. The molecule has 0 heterocycles. The fourth-order valence-corrected chi connectivity index (χ4v) is 2.11. The van der Waals surface area contributed by atoms with Gasteiger partial charge in [0.25, 0.3) is 0 Å². The second kappa shape index (κ2) is 7.01. The smallest absolute Gasteiger partial charge is 0.122 e. The Bertz CT molecular complexity index is 427. The van der Waals surface area contributed by atoms with E-state index < -0.39 is 0 Å². The molecule has 0 unspecified atom stereocenters. The normalized spacial score (nSPS) is 11.4. The van der Waals surface area contributed by atoms with Gasteiger partial charge in [-0.3, -0.25) is 5.41 Å². The number of amidine groups is 1. The molecule has 0 atom stereocenters. The van der Waals surface area contributed by atoms with Gasteiger partial charge in [0, 0.05) is 15.5 Å². The second-order valence-corrected chi connectivity index (χ2v) is 6.08. The first-order valence-electron chi connectivity index (χ1n) is 6.25. The maximum atomic E-state index is 7.48. The van der Waals surface area contributed by atoms with Crippen molar-refractivity contribution in [2.45, 2.75) is 33.1 Å². The van der Waals surface area contributed by atoms with Crippen LogP contribution in [0.1, 0.15) is 33.1 Å². The topological polar surface area (TPSA) is 59.1 Å². The molecule has 0 saturated heterocycles. The molecule has 1 aromatic rings. The van der Waals surface area contributed by atoms with E-state index in [4.69, 9.17) is 39.1 Å². The Hall–Kier alpha value is -0.930. The Morgan fingerprint density at radius 2 is 1.79 bits per heavy atom.